The van der Waals surface area contributed by atoms with Gasteiger partial charge in [0, 0.05) is 13.2 Å². The Labute approximate surface area is 124 Å². The number of esters is 1. The average Bonchev–Trinajstić information content (AvgIpc) is 2.45. The molecule has 7 nitrogen and oxygen atoms in total. The number of unbranched alkanes of at least 4 members (excludes halogenated alkanes) is 2. The first-order valence-electron chi connectivity index (χ1n) is 6.50. The number of hydrogen-bond acceptors (Lipinski definition) is 6. The van der Waals surface area contributed by atoms with Gasteiger partial charge in [0.2, 0.25) is 10.0 Å². The van der Waals surface area contributed by atoms with Crippen molar-refractivity contribution in [3.05, 3.63) is 23.8 Å². The summed E-state index contributed by atoms with van der Waals surface area (Å²) in [7, 11) is -2.48. The molecule has 0 aromatic heterocycles. The van der Waals surface area contributed by atoms with E-state index in [1.807, 2.05) is 0 Å². The van der Waals surface area contributed by atoms with Crippen LogP contribution in [-0.2, 0) is 14.8 Å². The van der Waals surface area contributed by atoms with Gasteiger partial charge < -0.3 is 15.6 Å². The van der Waals surface area contributed by atoms with Gasteiger partial charge in [-0.1, -0.05) is 0 Å². The number of carbonyl (C=O) groups is 1. The topological polar surface area (TPSA) is 119 Å². The lowest BCUT2D eigenvalue weighted by molar-refractivity contribution is 0.0600. The van der Waals surface area contributed by atoms with Gasteiger partial charge in [0.25, 0.3) is 0 Å². The summed E-state index contributed by atoms with van der Waals surface area (Å²) >= 11 is 0. The van der Waals surface area contributed by atoms with E-state index in [0.717, 1.165) is 6.42 Å². The van der Waals surface area contributed by atoms with Crippen molar-refractivity contribution in [2.24, 2.45) is 0 Å². The maximum Gasteiger partial charge on any atom is 0.337 e. The molecule has 0 atom stereocenters. The molecular formula is C13H20N2O5S. The predicted octanol–water partition coefficient (Wildman–Crippen LogP) is 0.496. The van der Waals surface area contributed by atoms with Crippen molar-refractivity contribution in [2.75, 3.05) is 26.0 Å². The fourth-order valence-electron chi connectivity index (χ4n) is 1.74. The second kappa shape index (κ2) is 7.96. The number of ether oxygens (including phenoxy) is 1. The molecule has 0 fully saturated rings. The predicted molar refractivity (Wildman–Crippen MR) is 78.3 cm³/mol. The number of sulfonamides is 1. The molecule has 0 radical (unpaired) electrons. The molecule has 4 N–H and O–H groups in total. The molecule has 118 valence electrons. The van der Waals surface area contributed by atoms with E-state index in [1.165, 1.54) is 25.3 Å². The van der Waals surface area contributed by atoms with Crippen LogP contribution >= 0.6 is 0 Å². The van der Waals surface area contributed by atoms with Crippen LogP contribution in [0, 0.1) is 0 Å². The molecule has 0 heterocycles. The minimum atomic E-state index is -3.72. The van der Waals surface area contributed by atoms with Crippen LogP contribution in [-0.4, -0.2) is 39.8 Å². The second-order valence-electron chi connectivity index (χ2n) is 4.43. The first-order chi connectivity index (χ1) is 9.92. The molecule has 0 unspecified atom stereocenters. The number of nitrogens with two attached hydrogens (primary N) is 1. The fraction of sp³-hybridized carbons (Fsp3) is 0.462. The van der Waals surface area contributed by atoms with E-state index >= 15 is 0 Å². The molecule has 0 bridgehead atoms. The summed E-state index contributed by atoms with van der Waals surface area (Å²) in [5, 5.41) is 8.64. The summed E-state index contributed by atoms with van der Waals surface area (Å²) in [4.78, 5) is 11.3. The van der Waals surface area contributed by atoms with Gasteiger partial charge in [-0.3, -0.25) is 0 Å². The Balaban J connectivity index is 2.77. The van der Waals surface area contributed by atoms with Gasteiger partial charge in [-0.05, 0) is 37.5 Å². The van der Waals surface area contributed by atoms with Crippen LogP contribution in [0.4, 0.5) is 5.69 Å². The molecule has 8 heteroatoms. The molecule has 21 heavy (non-hydrogen) atoms. The molecule has 0 saturated heterocycles. The van der Waals surface area contributed by atoms with E-state index < -0.39 is 16.0 Å². The normalized spacial score (nSPS) is 11.3. The van der Waals surface area contributed by atoms with Crippen molar-refractivity contribution in [1.82, 2.24) is 4.72 Å². The van der Waals surface area contributed by atoms with Crippen LogP contribution in [0.5, 0.6) is 0 Å². The van der Waals surface area contributed by atoms with Crippen molar-refractivity contribution in [3.63, 3.8) is 0 Å². The lowest BCUT2D eigenvalue weighted by atomic mass is 10.2. The summed E-state index contributed by atoms with van der Waals surface area (Å²) in [6.45, 7) is 0.356. The first-order valence-corrected chi connectivity index (χ1v) is 7.99. The van der Waals surface area contributed by atoms with Crippen molar-refractivity contribution in [3.8, 4) is 0 Å². The van der Waals surface area contributed by atoms with Gasteiger partial charge in [0.1, 0.15) is 4.90 Å². The van der Waals surface area contributed by atoms with E-state index in [4.69, 9.17) is 10.8 Å². The standard InChI is InChI=1S/C13H20N2O5S/c1-20-13(17)10-5-6-12(11(14)9-10)21(18,19)15-7-3-2-4-8-16/h5-6,9,15-16H,2-4,7-8,14H2,1H3. The Hall–Kier alpha value is -1.64. The molecule has 0 aliphatic carbocycles. The second-order valence-corrected chi connectivity index (χ2v) is 6.16. The fourth-order valence-corrected chi connectivity index (χ4v) is 2.92. The van der Waals surface area contributed by atoms with Gasteiger partial charge in [0.15, 0.2) is 0 Å². The van der Waals surface area contributed by atoms with Gasteiger partial charge in [0.05, 0.1) is 18.4 Å². The van der Waals surface area contributed by atoms with E-state index in [9.17, 15) is 13.2 Å². The number of hydrogen-bond donors (Lipinski definition) is 3. The molecule has 1 rings (SSSR count). The summed E-state index contributed by atoms with van der Waals surface area (Å²) in [5.74, 6) is -0.581. The molecule has 0 aliphatic rings. The molecule has 1 aromatic carbocycles. The quantitative estimate of drug-likeness (QED) is 0.365. The van der Waals surface area contributed by atoms with Crippen molar-refractivity contribution >= 4 is 21.7 Å². The number of methoxy groups -OCH3 is 1. The van der Waals surface area contributed by atoms with Crippen LogP contribution in [0.1, 0.15) is 29.6 Å². The molecule has 1 aromatic rings. The Kier molecular flexibility index (Phi) is 6.60. The van der Waals surface area contributed by atoms with Gasteiger partial charge in [-0.15, -0.1) is 0 Å². The van der Waals surface area contributed by atoms with Crippen molar-refractivity contribution in [1.29, 1.82) is 0 Å². The molecular weight excluding hydrogens is 296 g/mol. The van der Waals surface area contributed by atoms with Gasteiger partial charge in [-0.2, -0.15) is 0 Å². The number of benzene rings is 1. The maximum absolute atomic E-state index is 12.1. The lowest BCUT2D eigenvalue weighted by Crippen LogP contribution is -2.25. The highest BCUT2D eigenvalue weighted by Crippen LogP contribution is 2.20. The number of nitrogen functional groups attached to an aromatic ring is 1. The minimum Gasteiger partial charge on any atom is -0.465 e. The smallest absolute Gasteiger partial charge is 0.337 e. The highest BCUT2D eigenvalue weighted by molar-refractivity contribution is 7.89. The number of aliphatic hydroxyl groups is 1. The van der Waals surface area contributed by atoms with Crippen molar-refractivity contribution in [2.45, 2.75) is 24.2 Å². The van der Waals surface area contributed by atoms with Crippen LogP contribution in [0.15, 0.2) is 23.1 Å². The molecule has 0 amide bonds. The van der Waals surface area contributed by atoms with E-state index in [2.05, 4.69) is 9.46 Å². The molecule has 0 saturated carbocycles. The van der Waals surface area contributed by atoms with E-state index in [-0.39, 0.29) is 29.3 Å². The van der Waals surface area contributed by atoms with Gasteiger partial charge in [-0.25, -0.2) is 17.9 Å². The monoisotopic (exact) mass is 316 g/mol. The van der Waals surface area contributed by atoms with E-state index in [0.29, 0.717) is 12.8 Å². The van der Waals surface area contributed by atoms with E-state index in [1.54, 1.807) is 0 Å². The summed E-state index contributed by atoms with van der Waals surface area (Å²) in [6, 6.07) is 3.90. The van der Waals surface area contributed by atoms with Crippen LogP contribution in [0.2, 0.25) is 0 Å². The Morgan fingerprint density at radius 3 is 2.62 bits per heavy atom. The average molecular weight is 316 g/mol. The SMILES string of the molecule is COC(=O)c1ccc(S(=O)(=O)NCCCCCO)c(N)c1. The Bertz CT molecular complexity index is 586. The number of rotatable bonds is 8. The zero-order valence-corrected chi connectivity index (χ0v) is 12.6. The third-order valence-electron chi connectivity index (χ3n) is 2.85. The first kappa shape index (κ1) is 17.4. The zero-order chi connectivity index (χ0) is 15.9. The number of nitrogens with one attached hydrogen (secondary N) is 1. The van der Waals surface area contributed by atoms with Crippen molar-refractivity contribution < 1.29 is 23.1 Å². The molecule has 0 aliphatic heterocycles. The van der Waals surface area contributed by atoms with Crippen LogP contribution in [0.3, 0.4) is 0 Å². The zero-order valence-electron chi connectivity index (χ0n) is 11.8. The highest BCUT2D eigenvalue weighted by atomic mass is 32.2. The lowest BCUT2D eigenvalue weighted by Gasteiger charge is -2.10. The Morgan fingerprint density at radius 2 is 2.05 bits per heavy atom. The minimum absolute atomic E-state index is 0.0132. The summed E-state index contributed by atoms with van der Waals surface area (Å²) in [5.41, 5.74) is 5.87. The Morgan fingerprint density at radius 1 is 1.33 bits per heavy atom. The third kappa shape index (κ3) is 5.00. The molecule has 0 spiro atoms. The number of anilines is 1. The van der Waals surface area contributed by atoms with Crippen LogP contribution in [0.25, 0.3) is 0 Å². The third-order valence-corrected chi connectivity index (χ3v) is 4.38. The number of aliphatic hydroxyl groups excluding tert-OH is 1. The number of carbonyl (C=O) groups excluding carboxylic acids is 1. The summed E-state index contributed by atoms with van der Waals surface area (Å²) < 4.78 is 31.1. The highest BCUT2D eigenvalue weighted by Gasteiger charge is 2.18. The van der Waals surface area contributed by atoms with Gasteiger partial charge >= 0.3 is 5.97 Å². The summed E-state index contributed by atoms with van der Waals surface area (Å²) in [6.07, 6.45) is 1.99. The maximum atomic E-state index is 12.1. The van der Waals surface area contributed by atoms with Crippen LogP contribution < -0.4 is 10.5 Å². The largest absolute Gasteiger partial charge is 0.465 e.